The maximum Gasteiger partial charge on any atom is 0.257 e. The third-order valence-electron chi connectivity index (χ3n) is 7.43. The number of likely N-dealkylation sites (tertiary alicyclic amines) is 1. The van der Waals surface area contributed by atoms with Crippen LogP contribution in [0.4, 0.5) is 0 Å². The van der Waals surface area contributed by atoms with E-state index in [-0.39, 0.29) is 23.8 Å². The summed E-state index contributed by atoms with van der Waals surface area (Å²) in [5.74, 6) is 0.917. The monoisotopic (exact) mass is 496 g/mol. The summed E-state index contributed by atoms with van der Waals surface area (Å²) in [6.07, 6.45) is 7.60. The molecule has 190 valence electrons. The van der Waals surface area contributed by atoms with Gasteiger partial charge in [0.2, 0.25) is 0 Å². The molecule has 1 unspecified atom stereocenters. The van der Waals surface area contributed by atoms with Crippen molar-refractivity contribution in [1.29, 1.82) is 0 Å². The molecule has 2 amide bonds. The van der Waals surface area contributed by atoms with Crippen LogP contribution in [0.2, 0.25) is 0 Å². The third kappa shape index (κ3) is 5.35. The first kappa shape index (κ1) is 24.6. The summed E-state index contributed by atoms with van der Waals surface area (Å²) in [5.41, 5.74) is 3.33. The first-order valence-electron chi connectivity index (χ1n) is 12.8. The number of piperidine rings is 1. The van der Waals surface area contributed by atoms with Gasteiger partial charge in [-0.2, -0.15) is 5.10 Å². The Kier molecular flexibility index (Phi) is 7.21. The van der Waals surface area contributed by atoms with Gasteiger partial charge in [0.05, 0.1) is 17.5 Å². The predicted molar refractivity (Wildman–Crippen MR) is 142 cm³/mol. The molecule has 7 nitrogen and oxygen atoms in total. The summed E-state index contributed by atoms with van der Waals surface area (Å²) in [6, 6.07) is 21.5. The number of furan rings is 1. The number of carbonyl (C=O) groups excluding carboxylic acids is 2. The molecule has 0 aliphatic carbocycles. The van der Waals surface area contributed by atoms with Gasteiger partial charge >= 0.3 is 0 Å². The fraction of sp³-hybridized carbons (Fsp3) is 0.300. The zero-order valence-electron chi connectivity index (χ0n) is 21.3. The van der Waals surface area contributed by atoms with Crippen LogP contribution in [0.25, 0.3) is 5.69 Å². The normalized spacial score (nSPS) is 14.9. The van der Waals surface area contributed by atoms with Crippen molar-refractivity contribution in [3.05, 3.63) is 108 Å². The Bertz CT molecular complexity index is 1340. The number of aromatic nitrogens is 2. The molecule has 0 saturated carbocycles. The van der Waals surface area contributed by atoms with Crippen molar-refractivity contribution in [3.63, 3.8) is 0 Å². The number of amides is 2. The lowest BCUT2D eigenvalue weighted by Crippen LogP contribution is -2.48. The summed E-state index contributed by atoms with van der Waals surface area (Å²) < 4.78 is 7.15. The van der Waals surface area contributed by atoms with Gasteiger partial charge < -0.3 is 14.2 Å². The average Bonchev–Trinajstić information content (AvgIpc) is 3.64. The lowest BCUT2D eigenvalue weighted by atomic mass is 9.84. The van der Waals surface area contributed by atoms with E-state index in [2.05, 4.69) is 17.2 Å². The van der Waals surface area contributed by atoms with E-state index in [9.17, 15) is 9.59 Å². The van der Waals surface area contributed by atoms with Crippen LogP contribution in [0, 0.1) is 12.8 Å². The van der Waals surface area contributed by atoms with E-state index >= 15 is 0 Å². The van der Waals surface area contributed by atoms with Gasteiger partial charge in [-0.25, -0.2) is 4.68 Å². The Labute approximate surface area is 217 Å². The minimum atomic E-state index is -0.0267. The second-order valence-corrected chi connectivity index (χ2v) is 9.69. The molecule has 1 atom stereocenters. The molecule has 2 aromatic heterocycles. The summed E-state index contributed by atoms with van der Waals surface area (Å²) in [6.45, 7) is 3.14. The van der Waals surface area contributed by atoms with Gasteiger partial charge in [-0.1, -0.05) is 36.4 Å². The van der Waals surface area contributed by atoms with Crippen LogP contribution in [0.3, 0.4) is 0 Å². The van der Waals surface area contributed by atoms with E-state index in [0.717, 1.165) is 24.9 Å². The minimum Gasteiger partial charge on any atom is -0.469 e. The van der Waals surface area contributed by atoms with E-state index in [0.29, 0.717) is 30.0 Å². The Morgan fingerprint density at radius 2 is 1.84 bits per heavy atom. The molecule has 0 radical (unpaired) electrons. The minimum absolute atomic E-state index is 0.0181. The molecular weight excluding hydrogens is 464 g/mol. The lowest BCUT2D eigenvalue weighted by molar-refractivity contribution is 0.0521. The van der Waals surface area contributed by atoms with Gasteiger partial charge in [0.25, 0.3) is 11.8 Å². The van der Waals surface area contributed by atoms with Crippen LogP contribution < -0.4 is 0 Å². The number of hydrogen-bond acceptors (Lipinski definition) is 4. The van der Waals surface area contributed by atoms with Gasteiger partial charge in [0.15, 0.2) is 0 Å². The van der Waals surface area contributed by atoms with Gasteiger partial charge in [-0.05, 0) is 68.0 Å². The topological polar surface area (TPSA) is 71.6 Å². The van der Waals surface area contributed by atoms with Gasteiger partial charge in [-0.3, -0.25) is 9.59 Å². The second-order valence-electron chi connectivity index (χ2n) is 9.69. The summed E-state index contributed by atoms with van der Waals surface area (Å²) in [4.78, 5) is 30.5. The first-order chi connectivity index (χ1) is 18.0. The van der Waals surface area contributed by atoms with E-state index in [4.69, 9.17) is 4.42 Å². The van der Waals surface area contributed by atoms with Gasteiger partial charge in [0.1, 0.15) is 5.76 Å². The van der Waals surface area contributed by atoms with Crippen molar-refractivity contribution in [3.8, 4) is 5.69 Å². The molecule has 0 bridgehead atoms. The molecule has 1 fully saturated rings. The molecule has 1 aliphatic heterocycles. The van der Waals surface area contributed by atoms with Gasteiger partial charge in [0, 0.05) is 44.1 Å². The molecule has 3 heterocycles. The zero-order chi connectivity index (χ0) is 25.8. The molecule has 4 aromatic rings. The lowest BCUT2D eigenvalue weighted by Gasteiger charge is -2.40. The summed E-state index contributed by atoms with van der Waals surface area (Å²) in [7, 11) is 1.89. The van der Waals surface area contributed by atoms with Gasteiger partial charge in [-0.15, -0.1) is 0 Å². The number of likely N-dealkylation sites (N-methyl/N-ethyl adjacent to an activating group) is 1. The average molecular weight is 497 g/mol. The van der Waals surface area contributed by atoms with Crippen LogP contribution in [0.1, 0.15) is 44.9 Å². The first-order valence-corrected chi connectivity index (χ1v) is 12.8. The van der Waals surface area contributed by atoms with Crippen molar-refractivity contribution in [2.75, 3.05) is 20.1 Å². The highest BCUT2D eigenvalue weighted by Crippen LogP contribution is 2.29. The number of hydrogen-bond donors (Lipinski definition) is 0. The molecule has 0 spiro atoms. The largest absolute Gasteiger partial charge is 0.469 e. The van der Waals surface area contributed by atoms with Crippen molar-refractivity contribution in [1.82, 2.24) is 19.6 Å². The van der Waals surface area contributed by atoms with E-state index in [1.807, 2.05) is 78.5 Å². The number of aryl methyl sites for hydroxylation is 1. The Morgan fingerprint density at radius 1 is 1.05 bits per heavy atom. The number of rotatable bonds is 7. The Hall–Kier alpha value is -4.13. The number of nitrogens with zero attached hydrogens (tertiary/aromatic N) is 4. The maximum atomic E-state index is 13.4. The van der Waals surface area contributed by atoms with Crippen LogP contribution in [-0.2, 0) is 6.42 Å². The quantitative estimate of drug-likeness (QED) is 0.361. The highest BCUT2D eigenvalue weighted by atomic mass is 16.3. The van der Waals surface area contributed by atoms with E-state index in [1.54, 1.807) is 23.2 Å². The fourth-order valence-electron chi connectivity index (χ4n) is 5.30. The number of benzene rings is 2. The van der Waals surface area contributed by atoms with Crippen molar-refractivity contribution < 1.29 is 14.0 Å². The maximum absolute atomic E-state index is 13.4. The Balaban J connectivity index is 1.30. The molecule has 7 heteroatoms. The van der Waals surface area contributed by atoms with Crippen molar-refractivity contribution in [2.24, 2.45) is 5.92 Å². The molecule has 1 saturated heterocycles. The highest BCUT2D eigenvalue weighted by molar-refractivity contribution is 5.95. The molecule has 2 aromatic carbocycles. The fourth-order valence-corrected chi connectivity index (χ4v) is 5.30. The molecule has 5 rings (SSSR count). The summed E-state index contributed by atoms with van der Waals surface area (Å²) >= 11 is 0. The number of carbonyl (C=O) groups is 2. The molecule has 0 N–H and O–H groups in total. The predicted octanol–water partition coefficient (Wildman–Crippen LogP) is 5.01. The standard InChI is InChI=1S/C30H32N4O3/c1-22-27(14-19-37-22)30(36)32(2)28(20-23-8-4-3-5-9-23)24-12-17-33(18-13-24)29(35)25-10-6-11-26(21-25)34-16-7-15-31-34/h3-11,14-16,19,21,24,28H,12-13,17-18,20H2,1-2H3. The van der Waals surface area contributed by atoms with Crippen molar-refractivity contribution >= 4 is 11.8 Å². The summed E-state index contributed by atoms with van der Waals surface area (Å²) in [5, 5.41) is 4.27. The Morgan fingerprint density at radius 3 is 2.51 bits per heavy atom. The van der Waals surface area contributed by atoms with E-state index in [1.165, 1.54) is 5.56 Å². The van der Waals surface area contributed by atoms with E-state index < -0.39 is 0 Å². The highest BCUT2D eigenvalue weighted by Gasteiger charge is 2.34. The van der Waals surface area contributed by atoms with Crippen LogP contribution in [-0.4, -0.2) is 57.6 Å². The molecular formula is C30H32N4O3. The zero-order valence-corrected chi connectivity index (χ0v) is 21.3. The molecule has 37 heavy (non-hydrogen) atoms. The smallest absolute Gasteiger partial charge is 0.257 e. The molecule has 1 aliphatic rings. The van der Waals surface area contributed by atoms with Crippen LogP contribution in [0.15, 0.2) is 89.8 Å². The second kappa shape index (κ2) is 10.9. The SMILES string of the molecule is Cc1occc1C(=O)N(C)C(Cc1ccccc1)C1CCN(C(=O)c2cccc(-n3cccn3)c2)CC1. The van der Waals surface area contributed by atoms with Crippen LogP contribution >= 0.6 is 0 Å². The van der Waals surface area contributed by atoms with Crippen LogP contribution in [0.5, 0.6) is 0 Å². The van der Waals surface area contributed by atoms with Crippen molar-refractivity contribution in [2.45, 2.75) is 32.2 Å². The third-order valence-corrected chi connectivity index (χ3v) is 7.43.